The van der Waals surface area contributed by atoms with E-state index in [1.165, 1.54) is 25.7 Å². The first kappa shape index (κ1) is 32.9. The van der Waals surface area contributed by atoms with Gasteiger partial charge in [-0.05, 0) is 39.0 Å². The summed E-state index contributed by atoms with van der Waals surface area (Å²) in [5, 5.41) is 0. The summed E-state index contributed by atoms with van der Waals surface area (Å²) in [7, 11) is -12.2. The maximum atomic E-state index is 10.7. The summed E-state index contributed by atoms with van der Waals surface area (Å²) >= 11 is 0. The molecule has 0 bridgehead atoms. The second kappa shape index (κ2) is 14.3. The van der Waals surface area contributed by atoms with Gasteiger partial charge in [0.05, 0.1) is 0 Å². The first-order valence-corrected chi connectivity index (χ1v) is 10.2. The fourth-order valence-electron chi connectivity index (χ4n) is 1.44. The van der Waals surface area contributed by atoms with Gasteiger partial charge in [0.25, 0.3) is 0 Å². The van der Waals surface area contributed by atoms with Crippen molar-refractivity contribution in [3.63, 3.8) is 0 Å². The predicted octanol–water partition coefficient (Wildman–Crippen LogP) is 4.11. The van der Waals surface area contributed by atoms with Gasteiger partial charge in [-0.1, -0.05) is 36.0 Å². The van der Waals surface area contributed by atoms with Crippen LogP contribution in [0.4, 0.5) is 26.3 Å². The van der Waals surface area contributed by atoms with E-state index in [1.54, 1.807) is 5.57 Å². The standard InChI is InChI=1S/C12H18.2CHF3O3S.Pd/c1-2-3-9-12-10-7-5-4-6-8-11-12;2*2-1(3,4)8(5,6)7;/h2-5,11H,6-10H2,1H3;2*(H,5,6,7);/q;;;+2/p-2/b3-2+,5-4-,12-11-;;;. The Balaban J connectivity index is -0.000000357. The molecule has 0 fully saturated rings. The van der Waals surface area contributed by atoms with E-state index in [2.05, 4.69) is 37.3 Å². The van der Waals surface area contributed by atoms with Gasteiger partial charge in [0.2, 0.25) is 0 Å². The topological polar surface area (TPSA) is 114 Å². The van der Waals surface area contributed by atoms with Crippen LogP contribution in [0.25, 0.3) is 0 Å². The van der Waals surface area contributed by atoms with Crippen LogP contribution in [-0.2, 0) is 40.7 Å². The molecule has 0 heterocycles. The third kappa shape index (κ3) is 17.8. The minimum absolute atomic E-state index is 0. The quantitative estimate of drug-likeness (QED) is 0.163. The molecule has 1 rings (SSSR count). The molecule has 15 heteroatoms. The molecular weight excluding hydrogens is 549 g/mol. The Morgan fingerprint density at radius 2 is 1.28 bits per heavy atom. The van der Waals surface area contributed by atoms with Crippen LogP contribution >= 0.6 is 0 Å². The fourth-order valence-corrected chi connectivity index (χ4v) is 1.44. The van der Waals surface area contributed by atoms with Crippen LogP contribution in [0, 0.1) is 0 Å². The third-order valence-corrected chi connectivity index (χ3v) is 3.88. The Bertz CT molecular complexity index is 710. The van der Waals surface area contributed by atoms with E-state index >= 15 is 0 Å². The fraction of sp³-hybridized carbons (Fsp3) is 0.571. The molecule has 0 aromatic carbocycles. The number of hydrogen-bond donors (Lipinski definition) is 0. The Hall–Kier alpha value is -0.718. The molecule has 0 radical (unpaired) electrons. The summed E-state index contributed by atoms with van der Waals surface area (Å²) in [4.78, 5) is 0. The van der Waals surface area contributed by atoms with Crippen LogP contribution in [0.1, 0.15) is 39.0 Å². The Labute approximate surface area is 178 Å². The van der Waals surface area contributed by atoms with E-state index < -0.39 is 31.3 Å². The average molecular weight is 567 g/mol. The minimum Gasteiger partial charge on any atom is -0.741 e. The number of hydrogen-bond acceptors (Lipinski definition) is 6. The third-order valence-electron chi connectivity index (χ3n) is 2.75. The number of halogens is 6. The van der Waals surface area contributed by atoms with Crippen LogP contribution in [0.2, 0.25) is 0 Å². The van der Waals surface area contributed by atoms with Gasteiger partial charge >= 0.3 is 31.4 Å². The SMILES string of the molecule is C/C=C/C/C1=C/CC/C=C\CC1.O=S(=O)([O-])C(F)(F)F.O=S(=O)([O-])C(F)(F)F.[Pd+2]. The maximum absolute atomic E-state index is 10.7. The molecule has 0 spiro atoms. The van der Waals surface area contributed by atoms with E-state index in [4.69, 9.17) is 25.9 Å². The largest absolute Gasteiger partial charge is 2.00 e. The normalized spacial score (nSPS) is 18.4. The van der Waals surface area contributed by atoms with Crippen LogP contribution in [0.3, 0.4) is 0 Å². The van der Waals surface area contributed by atoms with E-state index in [1.807, 2.05) is 0 Å². The molecule has 0 aromatic rings. The van der Waals surface area contributed by atoms with Crippen molar-refractivity contribution < 1.29 is 72.7 Å². The molecule has 0 saturated carbocycles. The van der Waals surface area contributed by atoms with Crippen molar-refractivity contribution in [1.29, 1.82) is 0 Å². The Kier molecular flexibility index (Phi) is 16.3. The molecule has 0 unspecified atom stereocenters. The maximum Gasteiger partial charge on any atom is 2.00 e. The van der Waals surface area contributed by atoms with Gasteiger partial charge in [-0.2, -0.15) is 26.3 Å². The van der Waals surface area contributed by atoms with Crippen molar-refractivity contribution in [2.45, 2.75) is 50.0 Å². The smallest absolute Gasteiger partial charge is 0.741 e. The first-order chi connectivity index (χ1) is 12.4. The van der Waals surface area contributed by atoms with Gasteiger partial charge in [-0.25, -0.2) is 16.8 Å². The van der Waals surface area contributed by atoms with E-state index in [0.29, 0.717) is 0 Å². The molecule has 0 atom stereocenters. The van der Waals surface area contributed by atoms with Crippen LogP contribution < -0.4 is 0 Å². The molecule has 1 aliphatic carbocycles. The molecule has 174 valence electrons. The van der Waals surface area contributed by atoms with Gasteiger partial charge in [-0.3, -0.25) is 0 Å². The van der Waals surface area contributed by atoms with Gasteiger partial charge in [-0.15, -0.1) is 0 Å². The van der Waals surface area contributed by atoms with Crippen molar-refractivity contribution in [3.05, 3.63) is 36.0 Å². The zero-order valence-corrected chi connectivity index (χ0v) is 18.0. The summed E-state index contributed by atoms with van der Waals surface area (Å²) in [6, 6.07) is 0. The molecule has 0 N–H and O–H groups in total. The van der Waals surface area contributed by atoms with Crippen LogP contribution in [0.15, 0.2) is 36.0 Å². The summed E-state index contributed by atoms with van der Waals surface area (Å²) < 4.78 is 118. The molecule has 1 aliphatic rings. The predicted molar refractivity (Wildman–Crippen MR) is 86.6 cm³/mol. The molecule has 0 saturated heterocycles. The van der Waals surface area contributed by atoms with Crippen molar-refractivity contribution in [1.82, 2.24) is 0 Å². The molecule has 0 aromatic heterocycles. The van der Waals surface area contributed by atoms with Crippen molar-refractivity contribution in [2.24, 2.45) is 0 Å². The van der Waals surface area contributed by atoms with E-state index in [0.717, 1.165) is 6.42 Å². The number of allylic oxidation sites excluding steroid dienone is 6. The Morgan fingerprint density at radius 1 is 0.897 bits per heavy atom. The second-order valence-corrected chi connectivity index (χ2v) is 7.77. The summed E-state index contributed by atoms with van der Waals surface area (Å²) in [5.74, 6) is 0. The monoisotopic (exact) mass is 566 g/mol. The van der Waals surface area contributed by atoms with Crippen molar-refractivity contribution >= 4 is 20.2 Å². The van der Waals surface area contributed by atoms with Crippen molar-refractivity contribution in [3.8, 4) is 0 Å². The summed E-state index contributed by atoms with van der Waals surface area (Å²) in [5.41, 5.74) is -9.68. The molecule has 0 aliphatic heterocycles. The number of rotatable bonds is 2. The summed E-state index contributed by atoms with van der Waals surface area (Å²) in [6.45, 7) is 2.09. The van der Waals surface area contributed by atoms with Crippen LogP contribution in [0.5, 0.6) is 0 Å². The van der Waals surface area contributed by atoms with Crippen molar-refractivity contribution in [2.75, 3.05) is 0 Å². The molecular formula is C14H18F6O6PdS2. The first-order valence-electron chi connectivity index (χ1n) is 7.41. The van der Waals surface area contributed by atoms with Gasteiger partial charge in [0.15, 0.2) is 20.2 Å². The molecule has 29 heavy (non-hydrogen) atoms. The zero-order valence-electron chi connectivity index (χ0n) is 14.8. The average Bonchev–Trinajstić information content (AvgIpc) is 2.43. The zero-order chi connectivity index (χ0) is 22.6. The Morgan fingerprint density at radius 3 is 1.62 bits per heavy atom. The van der Waals surface area contributed by atoms with Crippen LogP contribution in [-0.4, -0.2) is 37.0 Å². The minimum atomic E-state index is -6.09. The van der Waals surface area contributed by atoms with E-state index in [9.17, 15) is 26.3 Å². The summed E-state index contributed by atoms with van der Waals surface area (Å²) in [6.07, 6.45) is 17.5. The second-order valence-electron chi connectivity index (χ2n) is 5.02. The van der Waals surface area contributed by atoms with E-state index in [-0.39, 0.29) is 20.4 Å². The van der Waals surface area contributed by atoms with Gasteiger partial charge in [0, 0.05) is 0 Å². The van der Waals surface area contributed by atoms with Gasteiger partial charge < -0.3 is 9.11 Å². The molecule has 0 amide bonds. The number of alkyl halides is 6. The molecule has 6 nitrogen and oxygen atoms in total. The van der Waals surface area contributed by atoms with Gasteiger partial charge in [0.1, 0.15) is 0 Å².